The summed E-state index contributed by atoms with van der Waals surface area (Å²) in [5.74, 6) is -0.215. The van der Waals surface area contributed by atoms with Crippen molar-refractivity contribution < 1.29 is 17.9 Å². The van der Waals surface area contributed by atoms with Gasteiger partial charge in [-0.25, -0.2) is 18.1 Å². The number of sulfonamides is 1. The Bertz CT molecular complexity index is 1210. The van der Waals surface area contributed by atoms with Crippen LogP contribution < -0.4 is 9.46 Å². The van der Waals surface area contributed by atoms with Crippen molar-refractivity contribution in [1.82, 2.24) is 19.3 Å². The second-order valence-corrected chi connectivity index (χ2v) is 8.99. The van der Waals surface area contributed by atoms with Gasteiger partial charge in [0.2, 0.25) is 0 Å². The number of carbonyl (C=O) groups excluding carboxylic acids is 1. The number of nitrogens with one attached hydrogen (secondary N) is 1. The normalized spacial score (nSPS) is 11.3. The number of methoxy groups -OCH3 is 1. The summed E-state index contributed by atoms with van der Waals surface area (Å²) in [5.41, 5.74) is 0.738. The zero-order valence-electron chi connectivity index (χ0n) is 15.6. The van der Waals surface area contributed by atoms with Gasteiger partial charge in [-0.2, -0.15) is 0 Å². The molecule has 2 heterocycles. The topological polar surface area (TPSA) is 103 Å². The van der Waals surface area contributed by atoms with Crippen molar-refractivity contribution >= 4 is 43.5 Å². The quantitative estimate of drug-likeness (QED) is 0.577. The van der Waals surface area contributed by atoms with Gasteiger partial charge >= 0.3 is 0 Å². The van der Waals surface area contributed by atoms with Gasteiger partial charge in [0.25, 0.3) is 15.9 Å². The van der Waals surface area contributed by atoms with Gasteiger partial charge in [-0.15, -0.1) is 0 Å². The Morgan fingerprint density at radius 2 is 2.07 bits per heavy atom. The van der Waals surface area contributed by atoms with Crippen LogP contribution in [0.25, 0.3) is 11.5 Å². The maximum Gasteiger partial charge on any atom is 0.285 e. The second kappa shape index (κ2) is 8.13. The molecule has 0 bridgehead atoms. The molecular weight excluding hydrogens is 484 g/mol. The molecule has 0 unspecified atom stereocenters. The number of ether oxygens (including phenoxy) is 1. The molecule has 0 radical (unpaired) electrons. The average molecular weight is 500 g/mol. The highest BCUT2D eigenvalue weighted by atomic mass is 79.9. The van der Waals surface area contributed by atoms with Gasteiger partial charge < -0.3 is 9.30 Å². The van der Waals surface area contributed by atoms with E-state index < -0.39 is 15.9 Å². The number of nitrogens with zero attached hydrogens (tertiary/aromatic N) is 3. The number of amides is 1. The van der Waals surface area contributed by atoms with Crippen LogP contribution >= 0.6 is 27.5 Å². The summed E-state index contributed by atoms with van der Waals surface area (Å²) in [6, 6.07) is 6.25. The van der Waals surface area contributed by atoms with E-state index in [0.717, 1.165) is 0 Å². The van der Waals surface area contributed by atoms with Crippen molar-refractivity contribution in [3.8, 4) is 17.3 Å². The van der Waals surface area contributed by atoms with Crippen LogP contribution in [0.3, 0.4) is 0 Å². The Morgan fingerprint density at radius 1 is 1.34 bits per heavy atom. The summed E-state index contributed by atoms with van der Waals surface area (Å²) in [6.07, 6.45) is 2.95. The van der Waals surface area contributed by atoms with Gasteiger partial charge in [-0.3, -0.25) is 9.78 Å². The maximum atomic E-state index is 12.8. The molecule has 152 valence electrons. The fraction of sp³-hybridized carbons (Fsp3) is 0.167. The third-order valence-corrected chi connectivity index (χ3v) is 6.44. The van der Waals surface area contributed by atoms with E-state index in [2.05, 4.69) is 25.9 Å². The molecule has 29 heavy (non-hydrogen) atoms. The number of hydrogen-bond donors (Lipinski definition) is 1. The Labute approximate surface area is 181 Å². The molecule has 0 aliphatic rings. The number of imidazole rings is 1. The predicted octanol–water partition coefficient (Wildman–Crippen LogP) is 3.33. The van der Waals surface area contributed by atoms with Gasteiger partial charge in [0.1, 0.15) is 17.1 Å². The molecule has 0 atom stereocenters. The lowest BCUT2D eigenvalue weighted by Crippen LogP contribution is -2.31. The van der Waals surface area contributed by atoms with E-state index in [1.54, 1.807) is 42.9 Å². The van der Waals surface area contributed by atoms with Crippen LogP contribution in [0.5, 0.6) is 5.75 Å². The molecule has 3 rings (SSSR count). The number of pyridine rings is 1. The minimum absolute atomic E-state index is 0.0742. The smallest absolute Gasteiger partial charge is 0.285 e. The standard InChI is InChI=1S/C18H16BrClN4O4S/c1-10-7-11(19)14(28-3)8-15(10)29(26,27)23-18(25)13-9-24(2)17(22-13)16-12(20)5-4-6-21-16/h4-9H,1-3H3,(H,23,25). The fourth-order valence-corrected chi connectivity index (χ4v) is 4.68. The Hall–Kier alpha value is -2.43. The van der Waals surface area contributed by atoms with Crippen molar-refractivity contribution in [2.75, 3.05) is 7.11 Å². The van der Waals surface area contributed by atoms with E-state index in [1.165, 1.54) is 19.4 Å². The number of halogens is 2. The summed E-state index contributed by atoms with van der Waals surface area (Å²) in [4.78, 5) is 20.9. The number of aryl methyl sites for hydroxylation is 2. The van der Waals surface area contributed by atoms with Crippen LogP contribution in [0.15, 0.2) is 46.0 Å². The molecule has 0 fully saturated rings. The van der Waals surface area contributed by atoms with E-state index in [9.17, 15) is 13.2 Å². The monoisotopic (exact) mass is 498 g/mol. The molecule has 1 amide bonds. The third kappa shape index (κ3) is 4.29. The first-order valence-electron chi connectivity index (χ1n) is 8.19. The zero-order chi connectivity index (χ0) is 21.3. The van der Waals surface area contributed by atoms with Gasteiger partial charge in [-0.05, 0) is 46.6 Å². The Balaban J connectivity index is 1.93. The number of rotatable bonds is 5. The largest absolute Gasteiger partial charge is 0.496 e. The first-order valence-corrected chi connectivity index (χ1v) is 10.8. The molecular formula is C18H16BrClN4O4S. The van der Waals surface area contributed by atoms with Crippen molar-refractivity contribution in [1.29, 1.82) is 0 Å². The molecule has 0 saturated heterocycles. The summed E-state index contributed by atoms with van der Waals surface area (Å²) >= 11 is 9.43. The number of aromatic nitrogens is 3. The average Bonchev–Trinajstić information content (AvgIpc) is 3.03. The third-order valence-electron chi connectivity index (χ3n) is 4.05. The lowest BCUT2D eigenvalue weighted by Gasteiger charge is -2.11. The van der Waals surface area contributed by atoms with Crippen LogP contribution in [0, 0.1) is 6.92 Å². The fourth-order valence-electron chi connectivity index (χ4n) is 2.66. The van der Waals surface area contributed by atoms with Gasteiger partial charge in [-0.1, -0.05) is 11.6 Å². The minimum Gasteiger partial charge on any atom is -0.496 e. The van der Waals surface area contributed by atoms with Gasteiger partial charge in [0.15, 0.2) is 5.82 Å². The molecule has 2 aromatic heterocycles. The van der Waals surface area contributed by atoms with E-state index >= 15 is 0 Å². The molecule has 8 nitrogen and oxygen atoms in total. The summed E-state index contributed by atoms with van der Waals surface area (Å²) in [7, 11) is -1.08. The van der Waals surface area contributed by atoms with E-state index in [0.29, 0.717) is 32.3 Å². The molecule has 0 aliphatic carbocycles. The Morgan fingerprint density at radius 3 is 2.72 bits per heavy atom. The lowest BCUT2D eigenvalue weighted by molar-refractivity contribution is 0.0977. The van der Waals surface area contributed by atoms with Gasteiger partial charge in [0, 0.05) is 25.5 Å². The number of carbonyl (C=O) groups is 1. The highest BCUT2D eigenvalue weighted by Crippen LogP contribution is 2.30. The van der Waals surface area contributed by atoms with E-state index in [1.807, 2.05) is 4.72 Å². The summed E-state index contributed by atoms with van der Waals surface area (Å²) < 4.78 is 34.9. The number of benzene rings is 1. The van der Waals surface area contributed by atoms with E-state index in [-0.39, 0.29) is 10.6 Å². The van der Waals surface area contributed by atoms with Crippen molar-refractivity contribution in [2.45, 2.75) is 11.8 Å². The van der Waals surface area contributed by atoms with Crippen molar-refractivity contribution in [3.63, 3.8) is 0 Å². The van der Waals surface area contributed by atoms with Crippen LogP contribution in [0.1, 0.15) is 16.1 Å². The van der Waals surface area contributed by atoms with Crippen LogP contribution in [-0.2, 0) is 17.1 Å². The van der Waals surface area contributed by atoms with Crippen molar-refractivity contribution in [3.05, 3.63) is 57.4 Å². The Kier molecular flexibility index (Phi) is 5.97. The molecule has 11 heteroatoms. The molecule has 0 aliphatic heterocycles. The van der Waals surface area contributed by atoms with Crippen LogP contribution in [0.2, 0.25) is 5.02 Å². The highest BCUT2D eigenvalue weighted by Gasteiger charge is 2.25. The molecule has 1 aromatic carbocycles. The zero-order valence-corrected chi connectivity index (χ0v) is 18.8. The van der Waals surface area contributed by atoms with Crippen LogP contribution in [0.4, 0.5) is 0 Å². The summed E-state index contributed by atoms with van der Waals surface area (Å²) in [6.45, 7) is 1.62. The molecule has 1 N–H and O–H groups in total. The predicted molar refractivity (Wildman–Crippen MR) is 112 cm³/mol. The first kappa shape index (κ1) is 21.3. The lowest BCUT2D eigenvalue weighted by atomic mass is 10.2. The maximum absolute atomic E-state index is 12.8. The van der Waals surface area contributed by atoms with E-state index in [4.69, 9.17) is 16.3 Å². The van der Waals surface area contributed by atoms with Crippen molar-refractivity contribution in [2.24, 2.45) is 7.05 Å². The van der Waals surface area contributed by atoms with Gasteiger partial charge in [0.05, 0.1) is 21.5 Å². The second-order valence-electron chi connectivity index (χ2n) is 6.08. The highest BCUT2D eigenvalue weighted by molar-refractivity contribution is 9.10. The number of hydrogen-bond acceptors (Lipinski definition) is 6. The SMILES string of the molecule is COc1cc(S(=O)(=O)NC(=O)c2cn(C)c(-c3ncccc3Cl)n2)c(C)cc1Br. The molecule has 3 aromatic rings. The summed E-state index contributed by atoms with van der Waals surface area (Å²) in [5, 5.41) is 0.360. The first-order chi connectivity index (χ1) is 13.6. The minimum atomic E-state index is -4.16. The molecule has 0 spiro atoms. The molecule has 0 saturated carbocycles. The van der Waals surface area contributed by atoms with Crippen LogP contribution in [-0.4, -0.2) is 36.0 Å².